The lowest BCUT2D eigenvalue weighted by Crippen LogP contribution is -2.02. The molecule has 0 saturated heterocycles. The standard InChI is InChI=1S/C11H12N2S/c1-2-9(10-5-3-8-14-10)11-12-6-4-7-13-11/h3-9H,2H2,1H3. The molecule has 2 aromatic rings. The number of rotatable bonds is 3. The minimum Gasteiger partial charge on any atom is -0.241 e. The molecule has 3 heteroatoms. The highest BCUT2D eigenvalue weighted by Crippen LogP contribution is 2.28. The summed E-state index contributed by atoms with van der Waals surface area (Å²) in [6.45, 7) is 2.17. The second-order valence-corrected chi connectivity index (χ2v) is 4.06. The molecule has 2 aromatic heterocycles. The lowest BCUT2D eigenvalue weighted by Gasteiger charge is -2.10. The van der Waals surface area contributed by atoms with Gasteiger partial charge in [-0.15, -0.1) is 11.3 Å². The van der Waals surface area contributed by atoms with Crippen LogP contribution in [0.4, 0.5) is 0 Å². The molecule has 2 heterocycles. The van der Waals surface area contributed by atoms with Gasteiger partial charge in [0.15, 0.2) is 0 Å². The van der Waals surface area contributed by atoms with Crippen LogP contribution in [0.1, 0.15) is 30.0 Å². The second kappa shape index (κ2) is 4.33. The van der Waals surface area contributed by atoms with Crippen LogP contribution in [0.25, 0.3) is 0 Å². The van der Waals surface area contributed by atoms with E-state index in [0.717, 1.165) is 12.2 Å². The smallest absolute Gasteiger partial charge is 0.136 e. The van der Waals surface area contributed by atoms with Gasteiger partial charge in [-0.05, 0) is 23.9 Å². The second-order valence-electron chi connectivity index (χ2n) is 3.08. The summed E-state index contributed by atoms with van der Waals surface area (Å²) in [4.78, 5) is 9.95. The van der Waals surface area contributed by atoms with Gasteiger partial charge in [-0.25, -0.2) is 9.97 Å². The molecule has 0 aliphatic rings. The Hall–Kier alpha value is -1.22. The molecule has 14 heavy (non-hydrogen) atoms. The van der Waals surface area contributed by atoms with E-state index in [-0.39, 0.29) is 0 Å². The Morgan fingerprint density at radius 1 is 1.29 bits per heavy atom. The van der Waals surface area contributed by atoms with Gasteiger partial charge in [0.25, 0.3) is 0 Å². The van der Waals surface area contributed by atoms with Crippen LogP contribution >= 0.6 is 11.3 Å². The van der Waals surface area contributed by atoms with E-state index in [4.69, 9.17) is 0 Å². The van der Waals surface area contributed by atoms with Crippen molar-refractivity contribution in [2.45, 2.75) is 19.3 Å². The summed E-state index contributed by atoms with van der Waals surface area (Å²) in [6, 6.07) is 6.07. The van der Waals surface area contributed by atoms with Crippen molar-refractivity contribution < 1.29 is 0 Å². The molecular weight excluding hydrogens is 192 g/mol. The Morgan fingerprint density at radius 2 is 2.07 bits per heavy atom. The molecule has 0 radical (unpaired) electrons. The molecule has 0 aromatic carbocycles. The zero-order chi connectivity index (χ0) is 9.80. The number of hydrogen-bond acceptors (Lipinski definition) is 3. The van der Waals surface area contributed by atoms with Crippen molar-refractivity contribution in [3.8, 4) is 0 Å². The van der Waals surface area contributed by atoms with Crippen molar-refractivity contribution in [3.05, 3.63) is 46.7 Å². The normalized spacial score (nSPS) is 12.6. The van der Waals surface area contributed by atoms with Crippen LogP contribution < -0.4 is 0 Å². The SMILES string of the molecule is CCC(c1ncccn1)c1cccs1. The summed E-state index contributed by atoms with van der Waals surface area (Å²) < 4.78 is 0. The maximum absolute atomic E-state index is 4.30. The van der Waals surface area contributed by atoms with Crippen molar-refractivity contribution >= 4 is 11.3 Å². The zero-order valence-electron chi connectivity index (χ0n) is 8.05. The third kappa shape index (κ3) is 1.82. The van der Waals surface area contributed by atoms with Gasteiger partial charge in [0.1, 0.15) is 5.82 Å². The van der Waals surface area contributed by atoms with E-state index in [1.807, 2.05) is 6.07 Å². The van der Waals surface area contributed by atoms with Gasteiger partial charge >= 0.3 is 0 Å². The fourth-order valence-electron chi connectivity index (χ4n) is 1.49. The van der Waals surface area contributed by atoms with Crippen LogP contribution in [0.5, 0.6) is 0 Å². The summed E-state index contributed by atoms with van der Waals surface area (Å²) >= 11 is 1.77. The average Bonchev–Trinajstić information content (AvgIpc) is 2.74. The molecular formula is C11H12N2S. The third-order valence-corrected chi connectivity index (χ3v) is 3.18. The monoisotopic (exact) mass is 204 g/mol. The molecule has 72 valence electrons. The molecule has 0 saturated carbocycles. The van der Waals surface area contributed by atoms with E-state index in [2.05, 4.69) is 34.4 Å². The minimum atomic E-state index is 0.358. The summed E-state index contributed by atoms with van der Waals surface area (Å²) in [5.41, 5.74) is 0. The predicted molar refractivity (Wildman–Crippen MR) is 58.5 cm³/mol. The van der Waals surface area contributed by atoms with Crippen molar-refractivity contribution in [1.29, 1.82) is 0 Å². The summed E-state index contributed by atoms with van der Waals surface area (Å²) in [7, 11) is 0. The van der Waals surface area contributed by atoms with Gasteiger partial charge < -0.3 is 0 Å². The molecule has 0 aliphatic carbocycles. The van der Waals surface area contributed by atoms with E-state index >= 15 is 0 Å². The van der Waals surface area contributed by atoms with Crippen LogP contribution in [0.15, 0.2) is 36.0 Å². The van der Waals surface area contributed by atoms with Gasteiger partial charge in [-0.3, -0.25) is 0 Å². The first-order chi connectivity index (χ1) is 6.92. The largest absolute Gasteiger partial charge is 0.241 e. The number of nitrogens with zero attached hydrogens (tertiary/aromatic N) is 2. The van der Waals surface area contributed by atoms with E-state index < -0.39 is 0 Å². The first-order valence-electron chi connectivity index (χ1n) is 4.72. The van der Waals surface area contributed by atoms with Crippen LogP contribution in [0, 0.1) is 0 Å². The van der Waals surface area contributed by atoms with Gasteiger partial charge in [0.2, 0.25) is 0 Å². The third-order valence-electron chi connectivity index (χ3n) is 2.19. The summed E-state index contributed by atoms with van der Waals surface area (Å²) in [6.07, 6.45) is 4.65. The fraction of sp³-hybridized carbons (Fsp3) is 0.273. The van der Waals surface area contributed by atoms with E-state index in [0.29, 0.717) is 5.92 Å². The van der Waals surface area contributed by atoms with Crippen molar-refractivity contribution in [2.24, 2.45) is 0 Å². The van der Waals surface area contributed by atoms with Crippen LogP contribution in [-0.4, -0.2) is 9.97 Å². The average molecular weight is 204 g/mol. The highest BCUT2D eigenvalue weighted by Gasteiger charge is 2.14. The fourth-order valence-corrected chi connectivity index (χ4v) is 2.40. The van der Waals surface area contributed by atoms with Gasteiger partial charge in [0, 0.05) is 17.3 Å². The first kappa shape index (κ1) is 9.34. The molecule has 1 atom stereocenters. The van der Waals surface area contributed by atoms with E-state index in [1.54, 1.807) is 23.7 Å². The quantitative estimate of drug-likeness (QED) is 0.767. The van der Waals surface area contributed by atoms with Crippen molar-refractivity contribution in [3.63, 3.8) is 0 Å². The predicted octanol–water partition coefficient (Wildman–Crippen LogP) is 3.08. The molecule has 2 rings (SSSR count). The molecule has 0 aliphatic heterocycles. The van der Waals surface area contributed by atoms with Crippen molar-refractivity contribution in [2.75, 3.05) is 0 Å². The Balaban J connectivity index is 2.31. The van der Waals surface area contributed by atoms with Gasteiger partial charge in [0.05, 0.1) is 5.92 Å². The summed E-state index contributed by atoms with van der Waals surface area (Å²) in [5, 5.41) is 2.10. The Bertz CT molecular complexity index is 369. The molecule has 2 nitrogen and oxygen atoms in total. The molecule has 0 spiro atoms. The zero-order valence-corrected chi connectivity index (χ0v) is 8.87. The number of hydrogen-bond donors (Lipinski definition) is 0. The lowest BCUT2D eigenvalue weighted by atomic mass is 10.0. The number of aromatic nitrogens is 2. The van der Waals surface area contributed by atoms with Crippen LogP contribution in [0.2, 0.25) is 0 Å². The maximum atomic E-state index is 4.30. The molecule has 1 unspecified atom stereocenters. The molecule has 0 fully saturated rings. The van der Waals surface area contributed by atoms with Gasteiger partial charge in [-0.2, -0.15) is 0 Å². The Labute approximate surface area is 87.7 Å². The van der Waals surface area contributed by atoms with E-state index in [1.165, 1.54) is 4.88 Å². The van der Waals surface area contributed by atoms with Crippen LogP contribution in [-0.2, 0) is 0 Å². The van der Waals surface area contributed by atoms with Crippen molar-refractivity contribution in [1.82, 2.24) is 9.97 Å². The van der Waals surface area contributed by atoms with E-state index in [9.17, 15) is 0 Å². The maximum Gasteiger partial charge on any atom is 0.136 e. The lowest BCUT2D eigenvalue weighted by molar-refractivity contribution is 0.728. The number of thiophene rings is 1. The first-order valence-corrected chi connectivity index (χ1v) is 5.60. The Kier molecular flexibility index (Phi) is 2.89. The minimum absolute atomic E-state index is 0.358. The highest BCUT2D eigenvalue weighted by molar-refractivity contribution is 7.10. The summed E-state index contributed by atoms with van der Waals surface area (Å²) in [5.74, 6) is 1.29. The molecule has 0 amide bonds. The Morgan fingerprint density at radius 3 is 2.64 bits per heavy atom. The van der Waals surface area contributed by atoms with Gasteiger partial charge in [-0.1, -0.05) is 13.0 Å². The highest BCUT2D eigenvalue weighted by atomic mass is 32.1. The topological polar surface area (TPSA) is 25.8 Å². The molecule has 0 bridgehead atoms. The molecule has 0 N–H and O–H groups in total. The van der Waals surface area contributed by atoms with Crippen LogP contribution in [0.3, 0.4) is 0 Å².